The smallest absolute Gasteiger partial charge is 0.250 e. The second-order valence-corrected chi connectivity index (χ2v) is 3.03. The molecule has 1 heterocycles. The molecule has 0 aliphatic heterocycles. The van der Waals surface area contributed by atoms with Crippen LogP contribution in [0.4, 0.5) is 4.39 Å². The molecule has 4 nitrogen and oxygen atoms in total. The molecule has 2 atom stereocenters. The normalized spacial score (nSPS) is 14.9. The highest BCUT2D eigenvalue weighted by molar-refractivity contribution is 5.20. The van der Waals surface area contributed by atoms with E-state index in [1.54, 1.807) is 6.92 Å². The predicted molar refractivity (Wildman–Crippen MR) is 49.4 cm³/mol. The number of ether oxygens (including phenoxy) is 1. The van der Waals surface area contributed by atoms with Crippen molar-refractivity contribution >= 4 is 0 Å². The summed E-state index contributed by atoms with van der Waals surface area (Å²) in [6, 6.07) is 2.11. The van der Waals surface area contributed by atoms with Gasteiger partial charge in [-0.25, -0.2) is 9.37 Å². The molecule has 0 aliphatic rings. The number of rotatable bonds is 3. The molecule has 78 valence electrons. The number of hydrogen-bond acceptors (Lipinski definition) is 4. The zero-order valence-electron chi connectivity index (χ0n) is 8.07. The number of aromatic nitrogens is 1. The van der Waals surface area contributed by atoms with E-state index in [0.717, 1.165) is 0 Å². The van der Waals surface area contributed by atoms with E-state index in [-0.39, 0.29) is 5.88 Å². The molecule has 1 rings (SSSR count). The molecule has 0 saturated heterocycles. The summed E-state index contributed by atoms with van der Waals surface area (Å²) in [7, 11) is 1.31. The fraction of sp³-hybridized carbons (Fsp3) is 0.444. The Kier molecular flexibility index (Phi) is 3.38. The van der Waals surface area contributed by atoms with Crippen LogP contribution in [-0.4, -0.2) is 23.2 Å². The average molecular weight is 200 g/mol. The minimum atomic E-state index is -0.912. The van der Waals surface area contributed by atoms with Gasteiger partial charge >= 0.3 is 0 Å². The van der Waals surface area contributed by atoms with Gasteiger partial charge in [0.05, 0.1) is 12.8 Å². The predicted octanol–water partition coefficient (Wildman–Crippen LogP) is 0.610. The van der Waals surface area contributed by atoms with Crippen LogP contribution < -0.4 is 10.5 Å². The lowest BCUT2D eigenvalue weighted by molar-refractivity contribution is 0.147. The number of nitrogens with two attached hydrogens (primary N) is 1. The maximum atomic E-state index is 12.9. The van der Waals surface area contributed by atoms with Crippen molar-refractivity contribution in [2.24, 2.45) is 5.73 Å². The molecular weight excluding hydrogens is 187 g/mol. The molecule has 2 unspecified atom stereocenters. The Morgan fingerprint density at radius 2 is 2.21 bits per heavy atom. The third-order valence-corrected chi connectivity index (χ3v) is 1.83. The van der Waals surface area contributed by atoms with E-state index in [1.807, 2.05) is 0 Å². The highest BCUT2D eigenvalue weighted by Crippen LogP contribution is 2.19. The quantitative estimate of drug-likeness (QED) is 0.750. The summed E-state index contributed by atoms with van der Waals surface area (Å²) >= 11 is 0. The Morgan fingerprint density at radius 1 is 1.57 bits per heavy atom. The molecule has 0 fully saturated rings. The van der Waals surface area contributed by atoms with Crippen molar-refractivity contribution in [1.82, 2.24) is 4.98 Å². The summed E-state index contributed by atoms with van der Waals surface area (Å²) in [6.07, 6.45) is -0.912. The van der Waals surface area contributed by atoms with Crippen molar-refractivity contribution in [2.75, 3.05) is 7.11 Å². The number of aliphatic hydroxyl groups excluding tert-OH is 1. The Morgan fingerprint density at radius 3 is 2.71 bits per heavy atom. The first-order valence-electron chi connectivity index (χ1n) is 4.20. The van der Waals surface area contributed by atoms with Crippen LogP contribution in [0.1, 0.15) is 18.7 Å². The second-order valence-electron chi connectivity index (χ2n) is 3.03. The molecule has 3 N–H and O–H groups in total. The van der Waals surface area contributed by atoms with Gasteiger partial charge < -0.3 is 15.6 Å². The minimum absolute atomic E-state index is 0.137. The van der Waals surface area contributed by atoms with Gasteiger partial charge in [-0.2, -0.15) is 0 Å². The molecule has 0 saturated carbocycles. The number of hydrogen-bond donors (Lipinski definition) is 2. The van der Waals surface area contributed by atoms with Crippen LogP contribution in [0.2, 0.25) is 0 Å². The Balaban J connectivity index is 3.00. The van der Waals surface area contributed by atoms with E-state index in [1.165, 1.54) is 19.2 Å². The second kappa shape index (κ2) is 4.34. The van der Waals surface area contributed by atoms with Crippen molar-refractivity contribution < 1.29 is 14.2 Å². The number of nitrogens with zero attached hydrogens (tertiary/aromatic N) is 1. The molecule has 0 radical (unpaired) electrons. The summed E-state index contributed by atoms with van der Waals surface area (Å²) in [5, 5.41) is 9.54. The molecule has 0 spiro atoms. The van der Waals surface area contributed by atoms with Crippen LogP contribution in [0.15, 0.2) is 12.1 Å². The monoisotopic (exact) mass is 200 g/mol. The van der Waals surface area contributed by atoms with Crippen molar-refractivity contribution in [3.8, 4) is 5.88 Å². The first kappa shape index (κ1) is 10.9. The molecule has 0 aromatic carbocycles. The fourth-order valence-electron chi connectivity index (χ4n) is 1.01. The van der Waals surface area contributed by atoms with Crippen LogP contribution in [-0.2, 0) is 0 Å². The molecule has 5 heteroatoms. The van der Waals surface area contributed by atoms with Gasteiger partial charge in [-0.15, -0.1) is 0 Å². The van der Waals surface area contributed by atoms with E-state index in [2.05, 4.69) is 9.72 Å². The van der Waals surface area contributed by atoms with E-state index < -0.39 is 18.0 Å². The molecule has 1 aromatic rings. The average Bonchev–Trinajstić information content (AvgIpc) is 2.17. The first-order valence-corrected chi connectivity index (χ1v) is 4.20. The van der Waals surface area contributed by atoms with E-state index in [4.69, 9.17) is 5.73 Å². The van der Waals surface area contributed by atoms with Crippen LogP contribution in [0.5, 0.6) is 5.88 Å². The van der Waals surface area contributed by atoms with Gasteiger partial charge in [0.15, 0.2) is 5.82 Å². The highest BCUT2D eigenvalue weighted by Gasteiger charge is 2.16. The third-order valence-electron chi connectivity index (χ3n) is 1.83. The van der Waals surface area contributed by atoms with Gasteiger partial charge in [-0.3, -0.25) is 0 Å². The van der Waals surface area contributed by atoms with E-state index >= 15 is 0 Å². The third kappa shape index (κ3) is 2.18. The lowest BCUT2D eigenvalue weighted by Gasteiger charge is -2.14. The lowest BCUT2D eigenvalue weighted by Crippen LogP contribution is -2.25. The van der Waals surface area contributed by atoms with Crippen LogP contribution >= 0.6 is 0 Å². The first-order chi connectivity index (χ1) is 6.56. The number of methoxy groups -OCH3 is 1. The topological polar surface area (TPSA) is 68.4 Å². The Labute approximate surface area is 81.5 Å². The summed E-state index contributed by atoms with van der Waals surface area (Å²) in [4.78, 5) is 3.78. The van der Waals surface area contributed by atoms with Gasteiger partial charge in [0.1, 0.15) is 6.10 Å². The summed E-state index contributed by atoms with van der Waals surface area (Å²) < 4.78 is 17.6. The van der Waals surface area contributed by atoms with Crippen molar-refractivity contribution in [1.29, 1.82) is 0 Å². The largest absolute Gasteiger partial charge is 0.479 e. The minimum Gasteiger partial charge on any atom is -0.479 e. The number of halogens is 1. The molecule has 14 heavy (non-hydrogen) atoms. The van der Waals surface area contributed by atoms with Crippen molar-refractivity contribution in [3.05, 3.63) is 23.6 Å². The zero-order valence-corrected chi connectivity index (χ0v) is 8.07. The van der Waals surface area contributed by atoms with Crippen molar-refractivity contribution in [2.45, 2.75) is 19.1 Å². The molecule has 1 aromatic heterocycles. The van der Waals surface area contributed by atoms with Gasteiger partial charge in [-0.05, 0) is 19.1 Å². The van der Waals surface area contributed by atoms with Crippen LogP contribution in [0.25, 0.3) is 0 Å². The number of aliphatic hydroxyl groups is 1. The fourth-order valence-corrected chi connectivity index (χ4v) is 1.01. The van der Waals surface area contributed by atoms with Crippen LogP contribution in [0, 0.1) is 5.82 Å². The van der Waals surface area contributed by atoms with Gasteiger partial charge in [0.25, 0.3) is 0 Å². The lowest BCUT2D eigenvalue weighted by atomic mass is 10.1. The van der Waals surface area contributed by atoms with Gasteiger partial charge in [0, 0.05) is 6.04 Å². The molecule has 0 aliphatic carbocycles. The van der Waals surface area contributed by atoms with E-state index in [9.17, 15) is 9.50 Å². The zero-order chi connectivity index (χ0) is 10.7. The van der Waals surface area contributed by atoms with Crippen LogP contribution in [0.3, 0.4) is 0 Å². The Hall–Kier alpha value is -1.20. The van der Waals surface area contributed by atoms with Gasteiger partial charge in [-0.1, -0.05) is 0 Å². The van der Waals surface area contributed by atoms with Crippen molar-refractivity contribution in [3.63, 3.8) is 0 Å². The summed E-state index contributed by atoms with van der Waals surface area (Å²) in [5.74, 6) is -0.699. The molecule has 0 amide bonds. The SMILES string of the molecule is COc1nc(C(O)C(C)N)ccc1F. The van der Waals surface area contributed by atoms with E-state index in [0.29, 0.717) is 5.69 Å². The Bertz CT molecular complexity index is 318. The molecular formula is C9H13FN2O2. The molecule has 0 bridgehead atoms. The maximum absolute atomic E-state index is 12.9. The maximum Gasteiger partial charge on any atom is 0.250 e. The van der Waals surface area contributed by atoms with Gasteiger partial charge in [0.2, 0.25) is 5.88 Å². The summed E-state index contributed by atoms with van der Waals surface area (Å²) in [6.45, 7) is 1.64. The standard InChI is InChI=1S/C9H13FN2O2/c1-5(11)8(13)7-4-3-6(10)9(12-7)14-2/h3-5,8,13H,11H2,1-2H3. The summed E-state index contributed by atoms with van der Waals surface area (Å²) in [5.41, 5.74) is 5.78. The highest BCUT2D eigenvalue weighted by atomic mass is 19.1. The number of pyridine rings is 1.